The minimum Gasteiger partial charge on any atom is -0.337 e. The molecule has 16 heavy (non-hydrogen) atoms. The summed E-state index contributed by atoms with van der Waals surface area (Å²) in [6.07, 6.45) is 0.332. The lowest BCUT2D eigenvalue weighted by atomic mass is 10.2. The van der Waals surface area contributed by atoms with E-state index in [-0.39, 0.29) is 11.9 Å². The monoisotopic (exact) mass is 220 g/mol. The molecule has 0 spiro atoms. The van der Waals surface area contributed by atoms with Gasteiger partial charge in [-0.3, -0.25) is 9.48 Å². The summed E-state index contributed by atoms with van der Waals surface area (Å²) in [5.41, 5.74) is 1.36. The standard InChI is InChI=1S/C11H16N4O/c1-8-7-10(15(4)13-8)11(16)14(3)9(2)5-6-12/h7,9H,5H2,1-4H3. The Labute approximate surface area is 95.3 Å². The lowest BCUT2D eigenvalue weighted by Crippen LogP contribution is -2.35. The molecule has 0 aliphatic rings. The molecule has 0 N–H and O–H groups in total. The summed E-state index contributed by atoms with van der Waals surface area (Å²) < 4.78 is 1.56. The van der Waals surface area contributed by atoms with Crippen LogP contribution in [0.5, 0.6) is 0 Å². The Bertz CT molecular complexity index is 430. The molecule has 0 saturated heterocycles. The van der Waals surface area contributed by atoms with Gasteiger partial charge < -0.3 is 4.90 Å². The molecular weight excluding hydrogens is 204 g/mol. The van der Waals surface area contributed by atoms with Gasteiger partial charge in [-0.1, -0.05) is 0 Å². The number of nitriles is 1. The van der Waals surface area contributed by atoms with Crippen molar-refractivity contribution < 1.29 is 4.79 Å². The average Bonchev–Trinajstić information content (AvgIpc) is 2.56. The number of hydrogen-bond donors (Lipinski definition) is 0. The van der Waals surface area contributed by atoms with Crippen LogP contribution >= 0.6 is 0 Å². The van der Waals surface area contributed by atoms with E-state index in [0.29, 0.717) is 12.1 Å². The summed E-state index contributed by atoms with van der Waals surface area (Å²) in [4.78, 5) is 13.6. The molecule has 1 heterocycles. The van der Waals surface area contributed by atoms with Crippen LogP contribution in [0.1, 0.15) is 29.5 Å². The van der Waals surface area contributed by atoms with Gasteiger partial charge in [0.25, 0.3) is 5.91 Å². The molecule has 1 rings (SSSR count). The van der Waals surface area contributed by atoms with E-state index < -0.39 is 0 Å². The van der Waals surface area contributed by atoms with Gasteiger partial charge >= 0.3 is 0 Å². The number of aryl methyl sites for hydroxylation is 2. The fourth-order valence-corrected chi connectivity index (χ4v) is 1.46. The van der Waals surface area contributed by atoms with Gasteiger partial charge in [0.15, 0.2) is 0 Å². The smallest absolute Gasteiger partial charge is 0.272 e. The normalized spacial score (nSPS) is 11.9. The number of carbonyl (C=O) groups is 1. The van der Waals surface area contributed by atoms with Gasteiger partial charge in [0.1, 0.15) is 5.69 Å². The van der Waals surface area contributed by atoms with E-state index in [2.05, 4.69) is 11.2 Å². The SMILES string of the molecule is Cc1cc(C(=O)N(C)C(C)CC#N)n(C)n1. The summed E-state index contributed by atoms with van der Waals surface area (Å²) in [5.74, 6) is -0.106. The van der Waals surface area contributed by atoms with Crippen LogP contribution < -0.4 is 0 Å². The zero-order valence-corrected chi connectivity index (χ0v) is 10.1. The molecule has 5 heteroatoms. The molecule has 1 aromatic heterocycles. The summed E-state index contributed by atoms with van der Waals surface area (Å²) in [6, 6.07) is 3.72. The maximum atomic E-state index is 12.1. The fraction of sp³-hybridized carbons (Fsp3) is 0.545. The fourth-order valence-electron chi connectivity index (χ4n) is 1.46. The molecule has 0 saturated carbocycles. The van der Waals surface area contributed by atoms with Crippen molar-refractivity contribution in [2.45, 2.75) is 26.3 Å². The van der Waals surface area contributed by atoms with E-state index in [1.54, 1.807) is 29.7 Å². The third-order valence-electron chi connectivity index (χ3n) is 2.59. The first-order chi connectivity index (χ1) is 7.47. The minimum absolute atomic E-state index is 0.0901. The van der Waals surface area contributed by atoms with Gasteiger partial charge in [-0.15, -0.1) is 0 Å². The molecule has 0 fully saturated rings. The van der Waals surface area contributed by atoms with Crippen LogP contribution in [0.25, 0.3) is 0 Å². The molecule has 0 radical (unpaired) electrons. The second-order valence-electron chi connectivity index (χ2n) is 3.92. The summed E-state index contributed by atoms with van der Waals surface area (Å²) in [5, 5.41) is 12.7. The molecule has 0 bridgehead atoms. The van der Waals surface area contributed by atoms with Crippen molar-refractivity contribution in [2.24, 2.45) is 7.05 Å². The molecule has 1 atom stereocenters. The zero-order chi connectivity index (χ0) is 12.3. The van der Waals surface area contributed by atoms with Crippen LogP contribution in [0.3, 0.4) is 0 Å². The van der Waals surface area contributed by atoms with E-state index in [9.17, 15) is 4.79 Å². The van der Waals surface area contributed by atoms with Crippen molar-refractivity contribution in [1.29, 1.82) is 5.26 Å². The van der Waals surface area contributed by atoms with E-state index in [0.717, 1.165) is 5.69 Å². The van der Waals surface area contributed by atoms with Crippen molar-refractivity contribution in [3.63, 3.8) is 0 Å². The van der Waals surface area contributed by atoms with E-state index in [1.807, 2.05) is 13.8 Å². The highest BCUT2D eigenvalue weighted by molar-refractivity contribution is 5.92. The van der Waals surface area contributed by atoms with Crippen LogP contribution in [-0.2, 0) is 7.05 Å². The molecule has 5 nitrogen and oxygen atoms in total. The maximum Gasteiger partial charge on any atom is 0.272 e. The largest absolute Gasteiger partial charge is 0.337 e. The van der Waals surface area contributed by atoms with Crippen LogP contribution in [0.4, 0.5) is 0 Å². The first-order valence-electron chi connectivity index (χ1n) is 5.12. The first kappa shape index (κ1) is 12.2. The Morgan fingerprint density at radius 2 is 2.38 bits per heavy atom. The lowest BCUT2D eigenvalue weighted by Gasteiger charge is -2.22. The van der Waals surface area contributed by atoms with Gasteiger partial charge in [-0.2, -0.15) is 10.4 Å². The maximum absolute atomic E-state index is 12.1. The van der Waals surface area contributed by atoms with Crippen LogP contribution in [0, 0.1) is 18.3 Å². The third kappa shape index (κ3) is 2.40. The molecule has 1 unspecified atom stereocenters. The van der Waals surface area contributed by atoms with Gasteiger partial charge in [0.2, 0.25) is 0 Å². The Balaban J connectivity index is 2.86. The number of nitrogens with zero attached hydrogens (tertiary/aromatic N) is 4. The van der Waals surface area contributed by atoms with Gasteiger partial charge in [-0.25, -0.2) is 0 Å². The van der Waals surface area contributed by atoms with Crippen molar-refractivity contribution in [2.75, 3.05) is 7.05 Å². The predicted octanol–water partition coefficient (Wildman–Crippen LogP) is 1.10. The van der Waals surface area contributed by atoms with E-state index >= 15 is 0 Å². The van der Waals surface area contributed by atoms with Crippen LogP contribution in [0.2, 0.25) is 0 Å². The molecule has 0 aliphatic heterocycles. The number of hydrogen-bond acceptors (Lipinski definition) is 3. The van der Waals surface area contributed by atoms with E-state index in [4.69, 9.17) is 5.26 Å². The third-order valence-corrected chi connectivity index (χ3v) is 2.59. The van der Waals surface area contributed by atoms with Gasteiger partial charge in [0, 0.05) is 20.1 Å². The topological polar surface area (TPSA) is 61.9 Å². The highest BCUT2D eigenvalue weighted by Crippen LogP contribution is 2.09. The Kier molecular flexibility index (Phi) is 3.67. The predicted molar refractivity (Wildman–Crippen MR) is 59.7 cm³/mol. The number of amides is 1. The highest BCUT2D eigenvalue weighted by atomic mass is 16.2. The Morgan fingerprint density at radius 3 is 2.81 bits per heavy atom. The number of carbonyl (C=O) groups excluding carboxylic acids is 1. The van der Waals surface area contributed by atoms with E-state index in [1.165, 1.54) is 0 Å². The molecule has 0 aromatic carbocycles. The van der Waals surface area contributed by atoms with Gasteiger partial charge in [0.05, 0.1) is 18.2 Å². The Morgan fingerprint density at radius 1 is 1.75 bits per heavy atom. The van der Waals surface area contributed by atoms with Crippen LogP contribution in [-0.4, -0.2) is 33.7 Å². The molecular formula is C11H16N4O. The minimum atomic E-state index is -0.106. The van der Waals surface area contributed by atoms with Crippen molar-refractivity contribution in [3.05, 3.63) is 17.5 Å². The van der Waals surface area contributed by atoms with Crippen LogP contribution in [0.15, 0.2) is 6.07 Å². The zero-order valence-electron chi connectivity index (χ0n) is 10.1. The second-order valence-corrected chi connectivity index (χ2v) is 3.92. The molecule has 0 aliphatic carbocycles. The first-order valence-corrected chi connectivity index (χ1v) is 5.12. The van der Waals surface area contributed by atoms with Gasteiger partial charge in [-0.05, 0) is 19.9 Å². The molecule has 86 valence electrons. The van der Waals surface area contributed by atoms with Crippen molar-refractivity contribution in [3.8, 4) is 6.07 Å². The number of aromatic nitrogens is 2. The Hall–Kier alpha value is -1.83. The average molecular weight is 220 g/mol. The lowest BCUT2D eigenvalue weighted by molar-refractivity contribution is 0.0735. The summed E-state index contributed by atoms with van der Waals surface area (Å²) in [7, 11) is 3.44. The summed E-state index contributed by atoms with van der Waals surface area (Å²) >= 11 is 0. The van der Waals surface area contributed by atoms with Crippen molar-refractivity contribution >= 4 is 5.91 Å². The summed E-state index contributed by atoms with van der Waals surface area (Å²) in [6.45, 7) is 3.69. The quantitative estimate of drug-likeness (QED) is 0.766. The van der Waals surface area contributed by atoms with Crippen molar-refractivity contribution in [1.82, 2.24) is 14.7 Å². The second kappa shape index (κ2) is 4.79. The number of rotatable bonds is 3. The molecule has 1 amide bonds. The molecule has 1 aromatic rings. The highest BCUT2D eigenvalue weighted by Gasteiger charge is 2.20.